The van der Waals surface area contributed by atoms with Crippen molar-refractivity contribution in [1.82, 2.24) is 9.55 Å². The third kappa shape index (κ3) is 5.53. The zero-order valence-corrected chi connectivity index (χ0v) is 18.4. The van der Waals surface area contributed by atoms with Crippen molar-refractivity contribution < 1.29 is 4.74 Å². The Morgan fingerprint density at radius 1 is 1.07 bits per heavy atom. The molecule has 0 saturated heterocycles. The van der Waals surface area contributed by atoms with Crippen LogP contribution >= 0.6 is 15.9 Å². The molecule has 0 spiro atoms. The molecule has 2 heterocycles. The lowest BCUT2D eigenvalue weighted by Gasteiger charge is -2.08. The molecule has 0 amide bonds. The monoisotopic (exact) mass is 444 g/mol. The number of nitrogens with zero attached hydrogens (tertiary/aromatic N) is 4. The van der Waals surface area contributed by atoms with Crippen molar-refractivity contribution in [2.24, 2.45) is 9.98 Å². The van der Waals surface area contributed by atoms with E-state index < -0.39 is 0 Å². The van der Waals surface area contributed by atoms with Crippen molar-refractivity contribution in [2.45, 2.75) is 65.0 Å². The maximum Gasteiger partial charge on any atom is 0.178 e. The highest BCUT2D eigenvalue weighted by molar-refractivity contribution is 9.10. The lowest BCUT2D eigenvalue weighted by molar-refractivity contribution is 0.414. The van der Waals surface area contributed by atoms with Crippen LogP contribution in [0.25, 0.3) is 0 Å². The first-order valence-corrected chi connectivity index (χ1v) is 11.0. The van der Waals surface area contributed by atoms with Gasteiger partial charge in [-0.1, -0.05) is 51.2 Å². The van der Waals surface area contributed by atoms with Crippen LogP contribution in [0.3, 0.4) is 0 Å². The molecule has 0 bridgehead atoms. The molecule has 0 radical (unpaired) electrons. The maximum absolute atomic E-state index is 5.24. The Kier molecular flexibility index (Phi) is 7.83. The summed E-state index contributed by atoms with van der Waals surface area (Å²) in [7, 11) is 1.68. The summed E-state index contributed by atoms with van der Waals surface area (Å²) in [5.74, 6) is 1.81. The Bertz CT molecular complexity index is 824. The van der Waals surface area contributed by atoms with E-state index in [0.717, 1.165) is 47.1 Å². The number of benzene rings is 1. The number of unbranched alkanes of at least 4 members (excludes halogenated alkanes) is 5. The number of aromatic nitrogens is 2. The number of rotatable bonds is 10. The lowest BCUT2D eigenvalue weighted by atomic mass is 10.1. The van der Waals surface area contributed by atoms with Crippen LogP contribution in [0, 0.1) is 0 Å². The van der Waals surface area contributed by atoms with E-state index in [-0.39, 0.29) is 0 Å². The Hall–Kier alpha value is -1.95. The van der Waals surface area contributed by atoms with Gasteiger partial charge in [0.15, 0.2) is 4.73 Å². The van der Waals surface area contributed by atoms with Gasteiger partial charge in [0.2, 0.25) is 0 Å². The van der Waals surface area contributed by atoms with Crippen molar-refractivity contribution in [3.8, 4) is 5.75 Å². The molecule has 0 aliphatic carbocycles. The molecule has 3 rings (SSSR count). The summed E-state index contributed by atoms with van der Waals surface area (Å²) in [5, 5.41) is 0. The van der Waals surface area contributed by atoms with E-state index in [4.69, 9.17) is 4.74 Å². The van der Waals surface area contributed by atoms with Crippen LogP contribution in [0.5, 0.6) is 5.75 Å². The minimum atomic E-state index is 0.592. The normalized spacial score (nSPS) is 13.2. The predicted molar refractivity (Wildman–Crippen MR) is 119 cm³/mol. The zero-order chi connectivity index (χ0) is 19.8. The fraction of sp³-hybridized carbons (Fsp3) is 0.500. The van der Waals surface area contributed by atoms with Gasteiger partial charge in [-0.05, 0) is 40.0 Å². The van der Waals surface area contributed by atoms with Crippen LogP contribution in [0.2, 0.25) is 0 Å². The van der Waals surface area contributed by atoms with E-state index in [0.29, 0.717) is 6.54 Å². The number of ether oxygens (including phenoxy) is 1. The molecule has 1 aromatic carbocycles. The van der Waals surface area contributed by atoms with Gasteiger partial charge < -0.3 is 9.30 Å². The minimum absolute atomic E-state index is 0.592. The Morgan fingerprint density at radius 2 is 1.82 bits per heavy atom. The molecule has 0 unspecified atom stereocenters. The standard InChI is InChI=1S/C22H29BrN4O/c1-3-4-5-6-7-8-9-21-24-14-19-20(15-25-21)27(22(23)26-19)16-17-10-12-18(28-2)13-11-17/h10-13,15H,3-9,14,16H2,1-2H3. The van der Waals surface area contributed by atoms with Crippen LogP contribution in [-0.2, 0) is 13.1 Å². The first kappa shape index (κ1) is 20.8. The number of amidine groups is 1. The van der Waals surface area contributed by atoms with Gasteiger partial charge in [-0.15, -0.1) is 0 Å². The third-order valence-electron chi connectivity index (χ3n) is 5.04. The van der Waals surface area contributed by atoms with Gasteiger partial charge in [0.1, 0.15) is 11.6 Å². The molecule has 1 aliphatic heterocycles. The molecule has 6 heteroatoms. The minimum Gasteiger partial charge on any atom is -0.497 e. The molecule has 1 aromatic heterocycles. The predicted octanol–water partition coefficient (Wildman–Crippen LogP) is 5.78. The highest BCUT2D eigenvalue weighted by Crippen LogP contribution is 2.22. The summed E-state index contributed by atoms with van der Waals surface area (Å²) in [6, 6.07) is 8.11. The SMILES string of the molecule is CCCCCCCCC1=NCc2nc(Br)n(Cc3ccc(OC)cc3)c2C=N1. The van der Waals surface area contributed by atoms with Crippen LogP contribution in [0.1, 0.15) is 68.8 Å². The second kappa shape index (κ2) is 10.6. The number of aliphatic imine (C=N–C) groups is 2. The molecule has 0 fully saturated rings. The molecular formula is C22H29BrN4O. The number of halogens is 1. The van der Waals surface area contributed by atoms with Gasteiger partial charge in [-0.25, -0.2) is 9.98 Å². The summed E-state index contributed by atoms with van der Waals surface area (Å²) in [6.45, 7) is 3.57. The smallest absolute Gasteiger partial charge is 0.178 e. The highest BCUT2D eigenvalue weighted by atomic mass is 79.9. The van der Waals surface area contributed by atoms with E-state index in [9.17, 15) is 0 Å². The van der Waals surface area contributed by atoms with Gasteiger partial charge in [0, 0.05) is 6.42 Å². The van der Waals surface area contributed by atoms with Gasteiger partial charge in [-0.3, -0.25) is 4.99 Å². The van der Waals surface area contributed by atoms with E-state index in [1.165, 1.54) is 37.7 Å². The summed E-state index contributed by atoms with van der Waals surface area (Å²) >= 11 is 3.59. The average Bonchev–Trinajstić information content (AvgIpc) is 2.87. The second-order valence-corrected chi connectivity index (χ2v) is 7.86. The van der Waals surface area contributed by atoms with Crippen molar-refractivity contribution in [3.63, 3.8) is 0 Å². The molecule has 0 N–H and O–H groups in total. The molecule has 0 saturated carbocycles. The zero-order valence-electron chi connectivity index (χ0n) is 16.8. The first-order chi connectivity index (χ1) is 13.7. The van der Waals surface area contributed by atoms with E-state index >= 15 is 0 Å². The number of methoxy groups -OCH3 is 1. The molecule has 28 heavy (non-hydrogen) atoms. The van der Waals surface area contributed by atoms with Gasteiger partial charge in [0.05, 0.1) is 37.8 Å². The first-order valence-electron chi connectivity index (χ1n) is 10.2. The highest BCUT2D eigenvalue weighted by Gasteiger charge is 2.17. The largest absolute Gasteiger partial charge is 0.497 e. The van der Waals surface area contributed by atoms with Crippen LogP contribution in [-0.4, -0.2) is 28.7 Å². The maximum atomic E-state index is 5.24. The number of imidazole rings is 1. The molecule has 5 nitrogen and oxygen atoms in total. The van der Waals surface area contributed by atoms with E-state index in [1.54, 1.807) is 7.11 Å². The fourth-order valence-corrected chi connectivity index (χ4v) is 3.89. The molecule has 0 atom stereocenters. The van der Waals surface area contributed by atoms with Gasteiger partial charge >= 0.3 is 0 Å². The number of hydrogen-bond acceptors (Lipinski definition) is 4. The van der Waals surface area contributed by atoms with Crippen LogP contribution in [0.4, 0.5) is 0 Å². The van der Waals surface area contributed by atoms with Gasteiger partial charge in [-0.2, -0.15) is 0 Å². The molecule has 150 valence electrons. The van der Waals surface area contributed by atoms with Crippen LogP contribution in [0.15, 0.2) is 39.0 Å². The summed E-state index contributed by atoms with van der Waals surface area (Å²) in [4.78, 5) is 14.0. The molecule has 1 aliphatic rings. The molecular weight excluding hydrogens is 416 g/mol. The Morgan fingerprint density at radius 3 is 2.57 bits per heavy atom. The number of hydrogen-bond donors (Lipinski definition) is 0. The van der Waals surface area contributed by atoms with Crippen LogP contribution < -0.4 is 4.74 Å². The fourth-order valence-electron chi connectivity index (χ4n) is 3.36. The lowest BCUT2D eigenvalue weighted by Crippen LogP contribution is -2.05. The van der Waals surface area contributed by atoms with E-state index in [2.05, 4.69) is 54.5 Å². The third-order valence-corrected chi connectivity index (χ3v) is 5.64. The van der Waals surface area contributed by atoms with Gasteiger partial charge in [0.25, 0.3) is 0 Å². The average molecular weight is 445 g/mol. The topological polar surface area (TPSA) is 51.8 Å². The quantitative estimate of drug-likeness (QED) is 0.435. The van der Waals surface area contributed by atoms with Crippen molar-refractivity contribution in [2.75, 3.05) is 7.11 Å². The molecule has 2 aromatic rings. The van der Waals surface area contributed by atoms with Crippen molar-refractivity contribution in [3.05, 3.63) is 46.0 Å². The van der Waals surface area contributed by atoms with Crippen molar-refractivity contribution in [1.29, 1.82) is 0 Å². The van der Waals surface area contributed by atoms with Crippen molar-refractivity contribution >= 4 is 28.0 Å². The second-order valence-electron chi connectivity index (χ2n) is 7.16. The number of fused-ring (bicyclic) bond motifs is 1. The summed E-state index contributed by atoms with van der Waals surface area (Å²) in [6.07, 6.45) is 10.6. The summed E-state index contributed by atoms with van der Waals surface area (Å²) in [5.41, 5.74) is 3.19. The Labute approximate surface area is 176 Å². The summed E-state index contributed by atoms with van der Waals surface area (Å²) < 4.78 is 8.20. The van der Waals surface area contributed by atoms with E-state index in [1.807, 2.05) is 18.3 Å². The Balaban J connectivity index is 1.62.